The van der Waals surface area contributed by atoms with E-state index < -0.39 is 0 Å². The molecule has 2 heterocycles. The Morgan fingerprint density at radius 2 is 2.20 bits per heavy atom. The van der Waals surface area contributed by atoms with Gasteiger partial charge in [-0.05, 0) is 18.6 Å². The van der Waals surface area contributed by atoms with Gasteiger partial charge in [0.2, 0.25) is 5.88 Å². The van der Waals surface area contributed by atoms with E-state index in [2.05, 4.69) is 9.88 Å². The van der Waals surface area contributed by atoms with Gasteiger partial charge in [0.25, 0.3) is 0 Å². The van der Waals surface area contributed by atoms with Crippen molar-refractivity contribution >= 4 is 18.2 Å². The van der Waals surface area contributed by atoms with Crippen LogP contribution in [0, 0.1) is 5.41 Å². The van der Waals surface area contributed by atoms with Gasteiger partial charge in [-0.2, -0.15) is 0 Å². The van der Waals surface area contributed by atoms with Gasteiger partial charge in [-0.15, -0.1) is 12.4 Å². The molecule has 0 spiro atoms. The fourth-order valence-electron chi connectivity index (χ4n) is 1.99. The van der Waals surface area contributed by atoms with Crippen LogP contribution in [0.1, 0.15) is 12.0 Å². The highest BCUT2D eigenvalue weighted by molar-refractivity contribution is 5.96. The molecule has 1 aromatic heterocycles. The third-order valence-corrected chi connectivity index (χ3v) is 3.02. The van der Waals surface area contributed by atoms with Crippen LogP contribution in [0.25, 0.3) is 0 Å². The number of rotatable bonds is 6. The summed E-state index contributed by atoms with van der Waals surface area (Å²) in [6.45, 7) is 5.18. The molecule has 1 aliphatic heterocycles. The lowest BCUT2D eigenvalue weighted by Crippen LogP contribution is -2.37. The van der Waals surface area contributed by atoms with Gasteiger partial charge in [0.15, 0.2) is 0 Å². The number of aromatic nitrogens is 1. The Balaban J connectivity index is 0.00000200. The first-order chi connectivity index (χ1) is 9.27. The van der Waals surface area contributed by atoms with Crippen LogP contribution in [0.3, 0.4) is 0 Å². The molecule has 7 heteroatoms. The number of nitrogens with one attached hydrogen (secondary N) is 1. The highest BCUT2D eigenvalue weighted by Crippen LogP contribution is 2.13. The fraction of sp³-hybridized carbons (Fsp3) is 0.538. The smallest absolute Gasteiger partial charge is 0.224 e. The maximum atomic E-state index is 7.45. The molecule has 20 heavy (non-hydrogen) atoms. The van der Waals surface area contributed by atoms with Gasteiger partial charge in [-0.3, -0.25) is 10.3 Å². The maximum Gasteiger partial charge on any atom is 0.224 e. The van der Waals surface area contributed by atoms with E-state index in [0.29, 0.717) is 18.1 Å². The van der Waals surface area contributed by atoms with Crippen molar-refractivity contribution in [2.75, 3.05) is 39.5 Å². The average Bonchev–Trinajstić information content (AvgIpc) is 2.45. The summed E-state index contributed by atoms with van der Waals surface area (Å²) in [6, 6.07) is 3.49. The molecule has 3 N–H and O–H groups in total. The van der Waals surface area contributed by atoms with Crippen LogP contribution < -0.4 is 10.5 Å². The molecule has 0 unspecified atom stereocenters. The summed E-state index contributed by atoms with van der Waals surface area (Å²) in [5, 5.41) is 7.45. The number of nitrogens with two attached hydrogens (primary N) is 1. The summed E-state index contributed by atoms with van der Waals surface area (Å²) >= 11 is 0. The maximum absolute atomic E-state index is 7.45. The molecule has 0 aliphatic carbocycles. The number of ether oxygens (including phenoxy) is 2. The Bertz CT molecular complexity index is 425. The van der Waals surface area contributed by atoms with E-state index in [1.165, 1.54) is 0 Å². The van der Waals surface area contributed by atoms with Crippen LogP contribution in [-0.4, -0.2) is 55.2 Å². The van der Waals surface area contributed by atoms with Gasteiger partial charge in [-0.1, -0.05) is 0 Å². The number of pyridine rings is 1. The Kier molecular flexibility index (Phi) is 7.28. The minimum atomic E-state index is -0.0173. The second-order valence-corrected chi connectivity index (χ2v) is 4.43. The highest BCUT2D eigenvalue weighted by atomic mass is 35.5. The lowest BCUT2D eigenvalue weighted by Gasteiger charge is -2.26. The van der Waals surface area contributed by atoms with Gasteiger partial charge in [0.05, 0.1) is 25.4 Å². The van der Waals surface area contributed by atoms with E-state index in [1.54, 1.807) is 18.3 Å². The summed E-state index contributed by atoms with van der Waals surface area (Å²) in [5.41, 5.74) is 6.03. The molecule has 0 bridgehead atoms. The average molecular weight is 301 g/mol. The molecule has 1 aliphatic rings. The van der Waals surface area contributed by atoms with Crippen LogP contribution in [0.5, 0.6) is 5.88 Å². The molecule has 6 nitrogen and oxygen atoms in total. The standard InChI is InChI=1S/C13H20N4O2.ClH/c14-12(15)11-3-1-4-16-13(11)19-8-2-5-17-6-9-18-10-7-17;/h1,3-4H,2,5-10H2,(H3,14,15);1H. The highest BCUT2D eigenvalue weighted by Gasteiger charge is 2.10. The van der Waals surface area contributed by atoms with Gasteiger partial charge < -0.3 is 15.2 Å². The zero-order valence-electron chi connectivity index (χ0n) is 11.4. The van der Waals surface area contributed by atoms with Crippen molar-refractivity contribution in [3.63, 3.8) is 0 Å². The summed E-state index contributed by atoms with van der Waals surface area (Å²) in [6.07, 6.45) is 2.57. The molecular weight excluding hydrogens is 280 g/mol. The van der Waals surface area contributed by atoms with Crippen LogP contribution in [0.15, 0.2) is 18.3 Å². The number of hydrogen-bond acceptors (Lipinski definition) is 5. The van der Waals surface area contributed by atoms with E-state index in [4.69, 9.17) is 20.6 Å². The summed E-state index contributed by atoms with van der Waals surface area (Å²) in [5.74, 6) is 0.424. The first-order valence-electron chi connectivity index (χ1n) is 6.49. The van der Waals surface area contributed by atoms with E-state index in [-0.39, 0.29) is 18.2 Å². The first kappa shape index (κ1) is 16.7. The van der Waals surface area contributed by atoms with E-state index in [0.717, 1.165) is 39.3 Å². The number of morpholine rings is 1. The normalized spacial score (nSPS) is 15.4. The Morgan fingerprint density at radius 3 is 2.90 bits per heavy atom. The molecule has 112 valence electrons. The Morgan fingerprint density at radius 1 is 1.45 bits per heavy atom. The largest absolute Gasteiger partial charge is 0.477 e. The van der Waals surface area contributed by atoms with Crippen molar-refractivity contribution < 1.29 is 9.47 Å². The van der Waals surface area contributed by atoms with Crippen LogP contribution >= 0.6 is 12.4 Å². The second-order valence-electron chi connectivity index (χ2n) is 4.43. The fourth-order valence-corrected chi connectivity index (χ4v) is 1.99. The summed E-state index contributed by atoms with van der Waals surface area (Å²) < 4.78 is 10.9. The van der Waals surface area contributed by atoms with Crippen LogP contribution in [0.2, 0.25) is 0 Å². The molecule has 0 radical (unpaired) electrons. The number of hydrogen-bond donors (Lipinski definition) is 2. The molecule has 0 amide bonds. The predicted octanol–water partition coefficient (Wildman–Crippen LogP) is 0.889. The molecule has 0 saturated carbocycles. The van der Waals surface area contributed by atoms with E-state index in [9.17, 15) is 0 Å². The SMILES string of the molecule is Cl.N=C(N)c1cccnc1OCCCN1CCOCC1. The zero-order chi connectivity index (χ0) is 13.5. The second kappa shape index (κ2) is 8.73. The van der Waals surface area contributed by atoms with Gasteiger partial charge in [0, 0.05) is 25.8 Å². The third-order valence-electron chi connectivity index (χ3n) is 3.02. The topological polar surface area (TPSA) is 84.5 Å². The van der Waals surface area contributed by atoms with Crippen molar-refractivity contribution in [2.45, 2.75) is 6.42 Å². The Labute approximate surface area is 125 Å². The molecule has 2 rings (SSSR count). The molecule has 0 aromatic carbocycles. The van der Waals surface area contributed by atoms with Crippen LogP contribution in [-0.2, 0) is 4.74 Å². The monoisotopic (exact) mass is 300 g/mol. The number of halogens is 1. The quantitative estimate of drug-likeness (QED) is 0.463. The third kappa shape index (κ3) is 4.96. The minimum Gasteiger partial charge on any atom is -0.477 e. The van der Waals surface area contributed by atoms with Gasteiger partial charge >= 0.3 is 0 Å². The lowest BCUT2D eigenvalue weighted by atomic mass is 10.2. The molecular formula is C13H21ClN4O2. The van der Waals surface area contributed by atoms with Gasteiger partial charge in [-0.25, -0.2) is 4.98 Å². The molecule has 1 aromatic rings. The molecule has 1 saturated heterocycles. The lowest BCUT2D eigenvalue weighted by molar-refractivity contribution is 0.0357. The van der Waals surface area contributed by atoms with Crippen molar-refractivity contribution in [3.05, 3.63) is 23.9 Å². The van der Waals surface area contributed by atoms with E-state index in [1.807, 2.05) is 0 Å². The minimum absolute atomic E-state index is 0. The number of nitrogen functional groups attached to an aromatic ring is 1. The van der Waals surface area contributed by atoms with Gasteiger partial charge in [0.1, 0.15) is 5.84 Å². The van der Waals surface area contributed by atoms with Crippen molar-refractivity contribution in [1.82, 2.24) is 9.88 Å². The number of amidine groups is 1. The summed E-state index contributed by atoms with van der Waals surface area (Å²) in [4.78, 5) is 6.47. The number of nitrogens with zero attached hydrogens (tertiary/aromatic N) is 2. The molecule has 0 atom stereocenters. The predicted molar refractivity (Wildman–Crippen MR) is 79.9 cm³/mol. The van der Waals surface area contributed by atoms with Crippen molar-refractivity contribution in [1.29, 1.82) is 5.41 Å². The van der Waals surface area contributed by atoms with Crippen LogP contribution in [0.4, 0.5) is 0 Å². The summed E-state index contributed by atoms with van der Waals surface area (Å²) in [7, 11) is 0. The zero-order valence-corrected chi connectivity index (χ0v) is 12.2. The van der Waals surface area contributed by atoms with E-state index >= 15 is 0 Å². The Hall–Kier alpha value is -1.37. The van der Waals surface area contributed by atoms with Crippen molar-refractivity contribution in [2.24, 2.45) is 5.73 Å². The first-order valence-corrected chi connectivity index (χ1v) is 6.49. The molecule has 1 fully saturated rings. The van der Waals surface area contributed by atoms with Crippen molar-refractivity contribution in [3.8, 4) is 5.88 Å².